The predicted molar refractivity (Wildman–Crippen MR) is 248 cm³/mol. The number of rotatable bonds is 11. The summed E-state index contributed by atoms with van der Waals surface area (Å²) in [5.41, 5.74) is 2.11. The van der Waals surface area contributed by atoms with Gasteiger partial charge < -0.3 is 40.6 Å². The third-order valence-electron chi connectivity index (χ3n) is 11.7. The van der Waals surface area contributed by atoms with Crippen LogP contribution in [0.4, 0.5) is 29.7 Å². The molecular weight excluding hydrogens is 865 g/mol. The smallest absolute Gasteiger partial charge is 0.408 e. The number of halogens is 2. The molecule has 4 atom stereocenters. The van der Waals surface area contributed by atoms with Crippen molar-refractivity contribution in [1.82, 2.24) is 25.0 Å². The van der Waals surface area contributed by atoms with Crippen LogP contribution in [0.5, 0.6) is 0 Å². The van der Waals surface area contributed by atoms with E-state index in [1.165, 1.54) is 58.3 Å². The number of likely N-dealkylation sites (tertiary alicyclic amines) is 2. The molecule has 2 saturated heterocycles. The fourth-order valence-corrected chi connectivity index (χ4v) is 8.68. The molecule has 67 heavy (non-hydrogen) atoms. The number of aromatic nitrogens is 1. The van der Waals surface area contributed by atoms with Crippen LogP contribution in [0.25, 0.3) is 22.2 Å². The Morgan fingerprint density at radius 3 is 1.76 bits per heavy atom. The van der Waals surface area contributed by atoms with Crippen LogP contribution < -0.4 is 16.0 Å². The van der Waals surface area contributed by atoms with Crippen molar-refractivity contribution >= 4 is 58.1 Å². The maximum Gasteiger partial charge on any atom is 0.408 e. The highest BCUT2D eigenvalue weighted by Gasteiger charge is 2.45. The second-order valence-corrected chi connectivity index (χ2v) is 18.8. The number of benzene rings is 4. The van der Waals surface area contributed by atoms with Gasteiger partial charge in [0.05, 0.1) is 0 Å². The lowest BCUT2D eigenvalue weighted by Crippen LogP contribution is -2.54. The zero-order chi connectivity index (χ0) is 48.4. The van der Waals surface area contributed by atoms with Crippen molar-refractivity contribution in [2.24, 2.45) is 0 Å². The lowest BCUT2D eigenvalue weighted by molar-refractivity contribution is -0.142. The number of nitrogens with one attached hydrogen (secondary N) is 4. The minimum atomic E-state index is -1.33. The van der Waals surface area contributed by atoms with Crippen LogP contribution >= 0.6 is 0 Å². The van der Waals surface area contributed by atoms with Gasteiger partial charge in [-0.3, -0.25) is 24.1 Å². The number of carbonyl (C=O) groups is 6. The molecule has 0 radical (unpaired) electrons. The first-order valence-corrected chi connectivity index (χ1v) is 22.2. The van der Waals surface area contributed by atoms with Gasteiger partial charge in [-0.2, -0.15) is 0 Å². The number of nitrogens with zero attached hydrogens (tertiary/aromatic N) is 3. The fraction of sp³-hybridized carbons (Fsp3) is 0.360. The minimum Gasteiger partial charge on any atom is -0.465 e. The van der Waals surface area contributed by atoms with E-state index in [0.29, 0.717) is 48.2 Å². The van der Waals surface area contributed by atoms with Gasteiger partial charge in [-0.1, -0.05) is 36.4 Å². The van der Waals surface area contributed by atoms with Crippen molar-refractivity contribution < 1.29 is 47.4 Å². The largest absolute Gasteiger partial charge is 0.465 e. The monoisotopic (exact) mass is 919 g/mol. The number of H-pyrrole nitrogens is 1. The molecule has 2 aliphatic rings. The first-order valence-electron chi connectivity index (χ1n) is 22.2. The van der Waals surface area contributed by atoms with E-state index in [1.807, 2.05) is 24.3 Å². The van der Waals surface area contributed by atoms with Gasteiger partial charge in [0.25, 0.3) is 11.8 Å². The fourth-order valence-electron chi connectivity index (χ4n) is 8.68. The number of alkyl carbamates (subject to hydrolysis) is 1. The summed E-state index contributed by atoms with van der Waals surface area (Å²) in [7, 11) is 0. The molecule has 5 N–H and O–H groups in total. The second-order valence-electron chi connectivity index (χ2n) is 18.8. The molecular formula is C50H55F2N7O8. The maximum atomic E-state index is 14.3. The van der Waals surface area contributed by atoms with Gasteiger partial charge in [-0.05, 0) is 145 Å². The van der Waals surface area contributed by atoms with Crippen LogP contribution in [0.2, 0.25) is 0 Å². The van der Waals surface area contributed by atoms with Crippen LogP contribution in [-0.2, 0) is 23.9 Å². The van der Waals surface area contributed by atoms with E-state index >= 15 is 0 Å². The summed E-state index contributed by atoms with van der Waals surface area (Å²) in [6.07, 6.45) is -0.314. The van der Waals surface area contributed by atoms with Crippen molar-refractivity contribution in [2.75, 3.05) is 23.7 Å². The van der Waals surface area contributed by atoms with Crippen LogP contribution in [0, 0.1) is 11.6 Å². The number of carbonyl (C=O) groups excluding carboxylic acids is 5. The standard InChI is InChI=1S/C50H55F2N7O8/c1-49(2,3)59(48(65)66)42(31-13-19-34(52)20-14-31)46(63)58-26-8-10-40(58)43(60)53-35-21-15-29(16-22-35)38-28-32-27-36(23-24-37(32)55-38)54-44(61)39-9-7-25-57(39)45(62)41(30-11-17-33(51)18-12-30)56-47(64)67-50(4,5)6/h11-24,27-28,39-42,55H,7-10,25-26H2,1-6H3,(H,53,60)(H,54,61)(H,56,64)(H,65,66)/t39-,40-,41+,42+/m0/s1. The molecule has 352 valence electrons. The quantitative estimate of drug-likeness (QED) is 0.0868. The zero-order valence-corrected chi connectivity index (χ0v) is 38.2. The summed E-state index contributed by atoms with van der Waals surface area (Å²) >= 11 is 0. The predicted octanol–water partition coefficient (Wildman–Crippen LogP) is 8.76. The number of aromatic amines is 1. The molecule has 0 saturated carbocycles. The average Bonchev–Trinajstić information content (AvgIpc) is 4.05. The maximum absolute atomic E-state index is 14.3. The Morgan fingerprint density at radius 1 is 0.701 bits per heavy atom. The van der Waals surface area contributed by atoms with Crippen molar-refractivity contribution in [1.29, 1.82) is 0 Å². The highest BCUT2D eigenvalue weighted by molar-refractivity contribution is 6.01. The van der Waals surface area contributed by atoms with Crippen LogP contribution in [0.3, 0.4) is 0 Å². The first-order chi connectivity index (χ1) is 31.7. The Labute approximate surface area is 386 Å². The molecule has 3 heterocycles. The number of fused-ring (bicyclic) bond motifs is 1. The van der Waals surface area contributed by atoms with Crippen molar-refractivity contribution in [3.63, 3.8) is 0 Å². The molecule has 7 rings (SSSR count). The van der Waals surface area contributed by atoms with Gasteiger partial charge in [0.15, 0.2) is 0 Å². The van der Waals surface area contributed by atoms with Crippen molar-refractivity contribution in [2.45, 2.75) is 103 Å². The van der Waals surface area contributed by atoms with E-state index in [0.717, 1.165) is 27.1 Å². The third kappa shape index (κ3) is 11.0. The van der Waals surface area contributed by atoms with E-state index < -0.39 is 82.8 Å². The minimum absolute atomic E-state index is 0.240. The summed E-state index contributed by atoms with van der Waals surface area (Å²) < 4.78 is 33.1. The van der Waals surface area contributed by atoms with E-state index in [2.05, 4.69) is 20.9 Å². The van der Waals surface area contributed by atoms with Gasteiger partial charge in [0.2, 0.25) is 11.8 Å². The van der Waals surface area contributed by atoms with Crippen LogP contribution in [0.1, 0.15) is 90.4 Å². The molecule has 2 aliphatic heterocycles. The molecule has 2 fully saturated rings. The lowest BCUT2D eigenvalue weighted by Gasteiger charge is -2.41. The van der Waals surface area contributed by atoms with E-state index in [9.17, 15) is 42.7 Å². The van der Waals surface area contributed by atoms with Crippen LogP contribution in [-0.4, -0.2) is 96.9 Å². The number of anilines is 2. The highest BCUT2D eigenvalue weighted by atomic mass is 19.1. The molecule has 0 bridgehead atoms. The topological polar surface area (TPSA) is 193 Å². The lowest BCUT2D eigenvalue weighted by atomic mass is 9.97. The van der Waals surface area contributed by atoms with E-state index in [1.54, 1.807) is 65.8 Å². The molecule has 15 nitrogen and oxygen atoms in total. The molecule has 17 heteroatoms. The third-order valence-corrected chi connectivity index (χ3v) is 11.7. The van der Waals surface area contributed by atoms with Gasteiger partial charge in [-0.25, -0.2) is 18.4 Å². The Balaban J connectivity index is 1.01. The van der Waals surface area contributed by atoms with Crippen molar-refractivity contribution in [3.8, 4) is 11.3 Å². The van der Waals surface area contributed by atoms with Gasteiger partial charge in [0.1, 0.15) is 41.4 Å². The number of ether oxygens (including phenoxy) is 1. The molecule has 4 aromatic carbocycles. The summed E-state index contributed by atoms with van der Waals surface area (Å²) in [5.74, 6) is -2.97. The summed E-state index contributed by atoms with van der Waals surface area (Å²) in [5, 5.41) is 19.5. The Morgan fingerprint density at radius 2 is 1.22 bits per heavy atom. The van der Waals surface area contributed by atoms with E-state index in [4.69, 9.17) is 4.74 Å². The van der Waals surface area contributed by atoms with Gasteiger partial charge in [0, 0.05) is 46.6 Å². The van der Waals surface area contributed by atoms with E-state index in [-0.39, 0.29) is 13.1 Å². The second kappa shape index (κ2) is 19.3. The summed E-state index contributed by atoms with van der Waals surface area (Å²) in [6.45, 7) is 10.6. The molecule has 6 amide bonds. The number of carboxylic acid groups (broad SMARTS) is 1. The normalized spacial score (nSPS) is 17.1. The summed E-state index contributed by atoms with van der Waals surface area (Å²) in [6, 6.07) is 20.5. The molecule has 0 unspecified atom stereocenters. The number of amides is 6. The highest BCUT2D eigenvalue weighted by Crippen LogP contribution is 2.34. The molecule has 0 spiro atoms. The Kier molecular flexibility index (Phi) is 13.7. The van der Waals surface area contributed by atoms with Gasteiger partial charge in [-0.15, -0.1) is 0 Å². The summed E-state index contributed by atoms with van der Waals surface area (Å²) in [4.78, 5) is 88.5. The Bertz CT molecular complexity index is 2660. The SMILES string of the molecule is CC(C)(C)OC(=O)N[C@@H](C(=O)N1CCC[C@H]1C(=O)Nc1ccc2[nH]c(-c3ccc(NC(=O)[C@@H]4CCCN4C(=O)[C@@H](c4ccc(F)cc4)N(C(=O)O)C(C)(C)C)cc3)cc2c1)c1ccc(F)cc1. The number of hydrogen-bond donors (Lipinski definition) is 5. The molecule has 5 aromatic rings. The first kappa shape index (κ1) is 47.7. The molecule has 0 aliphatic carbocycles. The number of hydrogen-bond acceptors (Lipinski definition) is 7. The Hall–Kier alpha value is -7.30. The van der Waals surface area contributed by atoms with Gasteiger partial charge >= 0.3 is 12.2 Å². The zero-order valence-electron chi connectivity index (χ0n) is 38.2. The van der Waals surface area contributed by atoms with Crippen LogP contribution in [0.15, 0.2) is 97.1 Å². The van der Waals surface area contributed by atoms with Crippen molar-refractivity contribution in [3.05, 3.63) is 120 Å². The average molecular weight is 920 g/mol. The molecule has 1 aromatic heterocycles.